The maximum Gasteiger partial charge on any atom is 0.162 e. The van der Waals surface area contributed by atoms with E-state index < -0.39 is 6.10 Å². The molecule has 0 radical (unpaired) electrons. The minimum Gasteiger partial charge on any atom is -0.380 e. The van der Waals surface area contributed by atoms with Crippen LogP contribution in [0.3, 0.4) is 0 Å². The van der Waals surface area contributed by atoms with Gasteiger partial charge in [0.25, 0.3) is 0 Å². The first-order valence-electron chi connectivity index (χ1n) is 8.90. The highest BCUT2D eigenvalue weighted by Crippen LogP contribution is 2.26. The summed E-state index contributed by atoms with van der Waals surface area (Å²) in [4.78, 5) is 13.9. The number of piperazine rings is 1. The number of aromatic nitrogens is 2. The molecule has 4 rings (SSSR count). The number of rotatable bonds is 3. The van der Waals surface area contributed by atoms with Crippen molar-refractivity contribution in [1.82, 2.24) is 20.2 Å². The number of aliphatic hydroxyl groups excluding tert-OH is 1. The molecule has 0 spiro atoms. The average Bonchev–Trinajstić information content (AvgIpc) is 3.11. The molecule has 2 aromatic rings. The molecule has 0 bridgehead atoms. The van der Waals surface area contributed by atoms with Crippen LogP contribution in [-0.2, 0) is 13.1 Å². The van der Waals surface area contributed by atoms with E-state index in [1.807, 2.05) is 19.1 Å². The van der Waals surface area contributed by atoms with Crippen LogP contribution in [0, 0.1) is 6.92 Å². The van der Waals surface area contributed by atoms with Crippen LogP contribution in [-0.4, -0.2) is 53.2 Å². The van der Waals surface area contributed by atoms with Gasteiger partial charge in [0.05, 0.1) is 5.69 Å². The maximum absolute atomic E-state index is 10.8. The molecule has 6 heteroatoms. The lowest BCUT2D eigenvalue weighted by Crippen LogP contribution is -2.44. The summed E-state index contributed by atoms with van der Waals surface area (Å²) in [5.41, 5.74) is 5.14. The van der Waals surface area contributed by atoms with Gasteiger partial charge in [-0.15, -0.1) is 0 Å². The first-order valence-corrected chi connectivity index (χ1v) is 8.90. The second-order valence-electron chi connectivity index (χ2n) is 6.98. The van der Waals surface area contributed by atoms with Crippen molar-refractivity contribution in [3.63, 3.8) is 0 Å². The van der Waals surface area contributed by atoms with Crippen molar-refractivity contribution in [2.45, 2.75) is 26.1 Å². The lowest BCUT2D eigenvalue weighted by atomic mass is 10.1. The number of likely N-dealkylation sites (N-methyl/N-ethyl adjacent to an activating group) is 1. The molecule has 0 saturated carbocycles. The maximum atomic E-state index is 10.8. The van der Waals surface area contributed by atoms with Gasteiger partial charge in [0.15, 0.2) is 5.82 Å². The monoisotopic (exact) mass is 339 g/mol. The molecule has 132 valence electrons. The van der Waals surface area contributed by atoms with Crippen molar-refractivity contribution in [2.75, 3.05) is 38.1 Å². The number of nitrogens with zero attached hydrogens (tertiary/aromatic N) is 4. The summed E-state index contributed by atoms with van der Waals surface area (Å²) in [5.74, 6) is 0.496. The normalized spacial score (nSPS) is 19.1. The van der Waals surface area contributed by atoms with Gasteiger partial charge in [0, 0.05) is 56.2 Å². The van der Waals surface area contributed by atoms with Crippen LogP contribution in [0.1, 0.15) is 34.4 Å². The van der Waals surface area contributed by atoms with E-state index in [4.69, 9.17) is 0 Å². The minimum atomic E-state index is -0.794. The molecule has 1 fully saturated rings. The van der Waals surface area contributed by atoms with Gasteiger partial charge in [-0.25, -0.2) is 9.97 Å². The van der Waals surface area contributed by atoms with Crippen molar-refractivity contribution in [1.29, 1.82) is 0 Å². The van der Waals surface area contributed by atoms with Crippen molar-refractivity contribution < 1.29 is 5.11 Å². The summed E-state index contributed by atoms with van der Waals surface area (Å²) in [6.07, 6.45) is -0.794. The van der Waals surface area contributed by atoms with Crippen LogP contribution in [0.2, 0.25) is 0 Å². The van der Waals surface area contributed by atoms with Gasteiger partial charge in [-0.05, 0) is 31.7 Å². The largest absolute Gasteiger partial charge is 0.380 e. The number of aryl methyl sites for hydroxylation is 1. The smallest absolute Gasteiger partial charge is 0.162 e. The second-order valence-corrected chi connectivity index (χ2v) is 6.98. The summed E-state index contributed by atoms with van der Waals surface area (Å²) < 4.78 is 0. The van der Waals surface area contributed by atoms with E-state index >= 15 is 0 Å². The van der Waals surface area contributed by atoms with Gasteiger partial charge < -0.3 is 20.2 Å². The van der Waals surface area contributed by atoms with E-state index in [1.54, 1.807) is 0 Å². The zero-order valence-corrected chi connectivity index (χ0v) is 14.9. The predicted molar refractivity (Wildman–Crippen MR) is 97.5 cm³/mol. The second kappa shape index (κ2) is 6.71. The fourth-order valence-electron chi connectivity index (χ4n) is 3.59. The molecule has 25 heavy (non-hydrogen) atoms. The summed E-state index contributed by atoms with van der Waals surface area (Å²) in [6, 6.07) is 8.14. The quantitative estimate of drug-likeness (QED) is 0.877. The molecule has 1 unspecified atom stereocenters. The van der Waals surface area contributed by atoms with Crippen molar-refractivity contribution in [3.8, 4) is 0 Å². The Hall–Kier alpha value is -2.02. The van der Waals surface area contributed by atoms with Gasteiger partial charge in [0.2, 0.25) is 0 Å². The standard InChI is InChI=1S/C19H25N5O/c1-13-16-11-20-12-17(16)22-19(21-13)18(25)14-4-3-5-15(10-14)24-8-6-23(2)7-9-24/h3-5,10,18,20,25H,6-9,11-12H2,1-2H3. The SMILES string of the molecule is Cc1nc(C(O)c2cccc(N3CCN(C)CC3)c2)nc2c1CNC2. The first-order chi connectivity index (χ1) is 12.1. The number of anilines is 1. The van der Waals surface area contributed by atoms with Gasteiger partial charge in [-0.1, -0.05) is 12.1 Å². The minimum absolute atomic E-state index is 0.496. The number of benzene rings is 1. The Balaban J connectivity index is 1.59. The van der Waals surface area contributed by atoms with Crippen LogP contribution in [0.25, 0.3) is 0 Å². The average molecular weight is 339 g/mol. The van der Waals surface area contributed by atoms with E-state index in [2.05, 4.69) is 44.3 Å². The number of hydrogen-bond acceptors (Lipinski definition) is 6. The van der Waals surface area contributed by atoms with E-state index in [0.717, 1.165) is 61.9 Å². The molecule has 2 aliphatic rings. The molecule has 2 N–H and O–H groups in total. The fourth-order valence-corrected chi connectivity index (χ4v) is 3.59. The Kier molecular flexibility index (Phi) is 4.41. The number of nitrogens with one attached hydrogen (secondary N) is 1. The molecular formula is C19H25N5O. The number of hydrogen-bond donors (Lipinski definition) is 2. The fraction of sp³-hybridized carbons (Fsp3) is 0.474. The van der Waals surface area contributed by atoms with E-state index in [0.29, 0.717) is 5.82 Å². The summed E-state index contributed by atoms with van der Waals surface area (Å²) >= 11 is 0. The van der Waals surface area contributed by atoms with Crippen molar-refractivity contribution >= 4 is 5.69 Å². The molecule has 3 heterocycles. The molecular weight excluding hydrogens is 314 g/mol. The van der Waals surface area contributed by atoms with E-state index in [1.165, 1.54) is 5.56 Å². The molecule has 1 aromatic heterocycles. The first kappa shape index (κ1) is 16.4. The Morgan fingerprint density at radius 2 is 1.92 bits per heavy atom. The van der Waals surface area contributed by atoms with Crippen molar-refractivity contribution in [2.24, 2.45) is 0 Å². The molecule has 0 aliphatic carbocycles. The van der Waals surface area contributed by atoms with E-state index in [-0.39, 0.29) is 0 Å². The summed E-state index contributed by atoms with van der Waals surface area (Å²) in [6.45, 7) is 7.70. The molecule has 2 aliphatic heterocycles. The number of fused-ring (bicyclic) bond motifs is 1. The third kappa shape index (κ3) is 3.25. The third-order valence-corrected chi connectivity index (χ3v) is 5.21. The lowest BCUT2D eigenvalue weighted by molar-refractivity contribution is 0.209. The van der Waals surface area contributed by atoms with Gasteiger partial charge in [-0.3, -0.25) is 0 Å². The Bertz CT molecular complexity index is 770. The van der Waals surface area contributed by atoms with Gasteiger partial charge >= 0.3 is 0 Å². The summed E-state index contributed by atoms with van der Waals surface area (Å²) in [7, 11) is 2.15. The lowest BCUT2D eigenvalue weighted by Gasteiger charge is -2.34. The highest BCUT2D eigenvalue weighted by atomic mass is 16.3. The van der Waals surface area contributed by atoms with Gasteiger partial charge in [-0.2, -0.15) is 0 Å². The molecule has 1 aromatic carbocycles. The van der Waals surface area contributed by atoms with Crippen molar-refractivity contribution in [3.05, 3.63) is 52.6 Å². The van der Waals surface area contributed by atoms with E-state index in [9.17, 15) is 5.11 Å². The van der Waals surface area contributed by atoms with Crippen LogP contribution in [0.15, 0.2) is 24.3 Å². The van der Waals surface area contributed by atoms with Gasteiger partial charge in [0.1, 0.15) is 6.10 Å². The zero-order chi connectivity index (χ0) is 17.4. The summed E-state index contributed by atoms with van der Waals surface area (Å²) in [5, 5.41) is 14.1. The molecule has 0 amide bonds. The number of aliphatic hydroxyl groups is 1. The Morgan fingerprint density at radius 1 is 1.12 bits per heavy atom. The highest BCUT2D eigenvalue weighted by molar-refractivity contribution is 5.50. The highest BCUT2D eigenvalue weighted by Gasteiger charge is 2.22. The Morgan fingerprint density at radius 3 is 2.72 bits per heavy atom. The predicted octanol–water partition coefficient (Wildman–Crippen LogP) is 1.22. The van der Waals surface area contributed by atoms with Crippen LogP contribution >= 0.6 is 0 Å². The van der Waals surface area contributed by atoms with Crippen LogP contribution in [0.5, 0.6) is 0 Å². The van der Waals surface area contributed by atoms with Crippen LogP contribution < -0.4 is 10.2 Å². The topological polar surface area (TPSA) is 64.5 Å². The molecule has 6 nitrogen and oxygen atoms in total. The van der Waals surface area contributed by atoms with Crippen LogP contribution in [0.4, 0.5) is 5.69 Å². The Labute approximate surface area is 148 Å². The zero-order valence-electron chi connectivity index (χ0n) is 14.9. The molecule has 1 saturated heterocycles. The molecule has 1 atom stereocenters. The third-order valence-electron chi connectivity index (χ3n) is 5.21.